The summed E-state index contributed by atoms with van der Waals surface area (Å²) < 4.78 is 11.9. The molecule has 0 bridgehead atoms. The van der Waals surface area contributed by atoms with Crippen molar-refractivity contribution in [1.82, 2.24) is 0 Å². The average molecular weight is 302 g/mol. The Kier molecular flexibility index (Phi) is 4.97. The molecule has 0 spiro atoms. The highest BCUT2D eigenvalue weighted by Crippen LogP contribution is 2.42. The summed E-state index contributed by atoms with van der Waals surface area (Å²) in [5.41, 5.74) is 4.11. The summed E-state index contributed by atoms with van der Waals surface area (Å²) in [6, 6.07) is 4.10. The normalized spacial score (nSPS) is 16.6. The van der Waals surface area contributed by atoms with Crippen LogP contribution < -0.4 is 9.47 Å². The monoisotopic (exact) mass is 302 g/mol. The van der Waals surface area contributed by atoms with E-state index in [-0.39, 0.29) is 12.2 Å². The van der Waals surface area contributed by atoms with E-state index in [0.29, 0.717) is 6.61 Å². The molecule has 1 aliphatic rings. The standard InChI is InChI=1S/C19H26O3/c1-6-14(8-9-20)16-10-15-13(3)12-19(4,5)22-18(15)11-17(16)21-7-2/h8,10-12,20H,6-7,9H2,1-5H3/b14-8-. The van der Waals surface area contributed by atoms with Crippen LogP contribution in [0.2, 0.25) is 0 Å². The Morgan fingerprint density at radius 1 is 1.32 bits per heavy atom. The van der Waals surface area contributed by atoms with Crippen LogP contribution in [0.5, 0.6) is 11.5 Å². The van der Waals surface area contributed by atoms with E-state index in [0.717, 1.165) is 34.6 Å². The molecule has 0 aromatic heterocycles. The molecule has 0 saturated heterocycles. The molecule has 0 unspecified atom stereocenters. The van der Waals surface area contributed by atoms with Crippen LogP contribution in [0.3, 0.4) is 0 Å². The molecule has 0 saturated carbocycles. The SMILES string of the molecule is CCOc1cc2c(cc1/C(=C\CO)CC)C(C)=CC(C)(C)O2. The zero-order chi connectivity index (χ0) is 16.3. The van der Waals surface area contributed by atoms with Crippen LogP contribution in [0.4, 0.5) is 0 Å². The highest BCUT2D eigenvalue weighted by Gasteiger charge is 2.26. The maximum absolute atomic E-state index is 9.26. The molecule has 0 radical (unpaired) electrons. The van der Waals surface area contributed by atoms with Crippen LogP contribution in [0.1, 0.15) is 52.2 Å². The molecular weight excluding hydrogens is 276 g/mol. The van der Waals surface area contributed by atoms with E-state index < -0.39 is 0 Å². The number of benzene rings is 1. The Balaban J connectivity index is 2.61. The minimum Gasteiger partial charge on any atom is -0.493 e. The van der Waals surface area contributed by atoms with Crippen LogP contribution in [0, 0.1) is 0 Å². The van der Waals surface area contributed by atoms with Crippen molar-refractivity contribution in [3.8, 4) is 11.5 Å². The smallest absolute Gasteiger partial charge is 0.131 e. The highest BCUT2D eigenvalue weighted by atomic mass is 16.5. The first-order chi connectivity index (χ1) is 10.4. The average Bonchev–Trinajstić information content (AvgIpc) is 2.43. The number of aliphatic hydroxyl groups excluding tert-OH is 1. The van der Waals surface area contributed by atoms with Gasteiger partial charge >= 0.3 is 0 Å². The van der Waals surface area contributed by atoms with Crippen molar-refractivity contribution in [2.75, 3.05) is 13.2 Å². The van der Waals surface area contributed by atoms with Gasteiger partial charge in [0, 0.05) is 17.2 Å². The van der Waals surface area contributed by atoms with E-state index in [4.69, 9.17) is 9.47 Å². The fourth-order valence-electron chi connectivity index (χ4n) is 2.95. The number of aliphatic hydroxyl groups is 1. The minimum atomic E-state index is -0.309. The van der Waals surface area contributed by atoms with Crippen molar-refractivity contribution in [1.29, 1.82) is 0 Å². The third-order valence-electron chi connectivity index (χ3n) is 3.81. The molecule has 1 aromatic carbocycles. The van der Waals surface area contributed by atoms with Gasteiger partial charge in [-0.3, -0.25) is 0 Å². The van der Waals surface area contributed by atoms with Gasteiger partial charge in [0.15, 0.2) is 0 Å². The molecular formula is C19H26O3. The van der Waals surface area contributed by atoms with Gasteiger partial charge in [0.25, 0.3) is 0 Å². The fourth-order valence-corrected chi connectivity index (χ4v) is 2.95. The van der Waals surface area contributed by atoms with Crippen molar-refractivity contribution in [2.24, 2.45) is 0 Å². The predicted octanol–water partition coefficient (Wildman–Crippen LogP) is 4.45. The second-order valence-electron chi connectivity index (χ2n) is 6.08. The lowest BCUT2D eigenvalue weighted by molar-refractivity contribution is 0.157. The molecule has 3 nitrogen and oxygen atoms in total. The van der Waals surface area contributed by atoms with Crippen LogP contribution in [-0.4, -0.2) is 23.9 Å². The van der Waals surface area contributed by atoms with E-state index in [1.54, 1.807) is 0 Å². The molecule has 3 heteroatoms. The fraction of sp³-hybridized carbons (Fsp3) is 0.474. The second-order valence-corrected chi connectivity index (χ2v) is 6.08. The first-order valence-electron chi connectivity index (χ1n) is 7.91. The van der Waals surface area contributed by atoms with E-state index in [1.165, 1.54) is 5.57 Å². The summed E-state index contributed by atoms with van der Waals surface area (Å²) in [4.78, 5) is 0. The number of hydrogen-bond donors (Lipinski definition) is 1. The van der Waals surface area contributed by atoms with Crippen molar-refractivity contribution >= 4 is 11.1 Å². The van der Waals surface area contributed by atoms with E-state index in [9.17, 15) is 5.11 Å². The van der Waals surface area contributed by atoms with Gasteiger partial charge in [-0.05, 0) is 57.4 Å². The quantitative estimate of drug-likeness (QED) is 0.873. The van der Waals surface area contributed by atoms with E-state index in [2.05, 4.69) is 39.8 Å². The third kappa shape index (κ3) is 3.36. The van der Waals surface area contributed by atoms with Gasteiger partial charge in [-0.15, -0.1) is 0 Å². The van der Waals surface area contributed by atoms with Crippen LogP contribution in [0.25, 0.3) is 11.1 Å². The Morgan fingerprint density at radius 2 is 2.05 bits per heavy atom. The third-order valence-corrected chi connectivity index (χ3v) is 3.81. The summed E-state index contributed by atoms with van der Waals surface area (Å²) in [5, 5.41) is 9.26. The molecule has 0 fully saturated rings. The zero-order valence-electron chi connectivity index (χ0n) is 14.2. The topological polar surface area (TPSA) is 38.7 Å². The summed E-state index contributed by atoms with van der Waals surface area (Å²) in [6.45, 7) is 10.9. The largest absolute Gasteiger partial charge is 0.493 e. The van der Waals surface area contributed by atoms with Crippen LogP contribution in [0.15, 0.2) is 24.3 Å². The maximum Gasteiger partial charge on any atom is 0.131 e. The van der Waals surface area contributed by atoms with Gasteiger partial charge in [-0.2, -0.15) is 0 Å². The van der Waals surface area contributed by atoms with Crippen molar-refractivity contribution < 1.29 is 14.6 Å². The summed E-state index contributed by atoms with van der Waals surface area (Å²) in [7, 11) is 0. The molecule has 1 N–H and O–H groups in total. The number of fused-ring (bicyclic) bond motifs is 1. The predicted molar refractivity (Wildman–Crippen MR) is 91.3 cm³/mol. The van der Waals surface area contributed by atoms with Gasteiger partial charge in [-0.25, -0.2) is 0 Å². The number of ether oxygens (including phenoxy) is 2. The lowest BCUT2D eigenvalue weighted by atomic mass is 9.91. The van der Waals surface area contributed by atoms with E-state index in [1.807, 2.05) is 19.1 Å². The highest BCUT2D eigenvalue weighted by molar-refractivity contribution is 5.80. The molecule has 120 valence electrons. The first kappa shape index (κ1) is 16.6. The Hall–Kier alpha value is -1.74. The van der Waals surface area contributed by atoms with Crippen molar-refractivity contribution in [3.05, 3.63) is 35.4 Å². The molecule has 0 amide bonds. The van der Waals surface area contributed by atoms with Gasteiger partial charge in [-0.1, -0.05) is 13.0 Å². The van der Waals surface area contributed by atoms with Crippen molar-refractivity contribution in [2.45, 2.75) is 46.6 Å². The number of rotatable bonds is 5. The van der Waals surface area contributed by atoms with E-state index >= 15 is 0 Å². The van der Waals surface area contributed by atoms with Gasteiger partial charge in [0.2, 0.25) is 0 Å². The van der Waals surface area contributed by atoms with Crippen LogP contribution in [-0.2, 0) is 0 Å². The van der Waals surface area contributed by atoms with Gasteiger partial charge in [0.05, 0.1) is 13.2 Å². The maximum atomic E-state index is 9.26. The zero-order valence-corrected chi connectivity index (χ0v) is 14.2. The van der Waals surface area contributed by atoms with Gasteiger partial charge in [0.1, 0.15) is 17.1 Å². The lowest BCUT2D eigenvalue weighted by Crippen LogP contribution is -2.28. The molecule has 1 aromatic rings. The number of allylic oxidation sites excluding steroid dienone is 2. The summed E-state index contributed by atoms with van der Waals surface area (Å²) >= 11 is 0. The summed E-state index contributed by atoms with van der Waals surface area (Å²) in [5.74, 6) is 1.67. The second kappa shape index (κ2) is 6.57. The Labute approximate surface area is 133 Å². The molecule has 0 atom stereocenters. The molecule has 1 heterocycles. The molecule has 2 rings (SSSR count). The van der Waals surface area contributed by atoms with Crippen molar-refractivity contribution in [3.63, 3.8) is 0 Å². The molecule has 1 aliphatic heterocycles. The Morgan fingerprint density at radius 3 is 2.64 bits per heavy atom. The van der Waals surface area contributed by atoms with Crippen LogP contribution >= 0.6 is 0 Å². The minimum absolute atomic E-state index is 0.0319. The Bertz CT molecular complexity index is 609. The lowest BCUT2D eigenvalue weighted by Gasteiger charge is -2.31. The summed E-state index contributed by atoms with van der Waals surface area (Å²) in [6.07, 6.45) is 4.83. The molecule has 22 heavy (non-hydrogen) atoms. The molecule has 0 aliphatic carbocycles. The van der Waals surface area contributed by atoms with Gasteiger partial charge < -0.3 is 14.6 Å². The number of hydrogen-bond acceptors (Lipinski definition) is 3. The first-order valence-corrected chi connectivity index (χ1v) is 7.91.